The fourth-order valence-electron chi connectivity index (χ4n) is 2.68. The Morgan fingerprint density at radius 2 is 1.86 bits per heavy atom. The molecule has 2 unspecified atom stereocenters. The van der Waals surface area contributed by atoms with Gasteiger partial charge in [0.1, 0.15) is 0 Å². The van der Waals surface area contributed by atoms with Crippen molar-refractivity contribution in [2.24, 2.45) is 5.73 Å². The summed E-state index contributed by atoms with van der Waals surface area (Å²) >= 11 is 1.87. The molecule has 0 fully saturated rings. The van der Waals surface area contributed by atoms with Crippen LogP contribution in [0.2, 0.25) is 0 Å². The molecular weight excluding hydrogens is 282 g/mol. The molecule has 0 spiro atoms. The van der Waals surface area contributed by atoms with Gasteiger partial charge in [-0.15, -0.1) is 11.8 Å². The van der Waals surface area contributed by atoms with Crippen LogP contribution in [-0.2, 0) is 6.42 Å². The second kappa shape index (κ2) is 6.00. The summed E-state index contributed by atoms with van der Waals surface area (Å²) in [6, 6.07) is 14.4. The van der Waals surface area contributed by atoms with Crippen molar-refractivity contribution in [2.75, 3.05) is 14.2 Å². The van der Waals surface area contributed by atoms with Gasteiger partial charge in [-0.2, -0.15) is 0 Å². The second-order valence-electron chi connectivity index (χ2n) is 5.11. The van der Waals surface area contributed by atoms with Gasteiger partial charge < -0.3 is 15.2 Å². The van der Waals surface area contributed by atoms with E-state index in [1.165, 1.54) is 10.5 Å². The summed E-state index contributed by atoms with van der Waals surface area (Å²) in [5.41, 5.74) is 8.95. The lowest BCUT2D eigenvalue weighted by Gasteiger charge is -2.20. The number of hydrogen-bond donors (Lipinski definition) is 1. The third kappa shape index (κ3) is 2.74. The van der Waals surface area contributed by atoms with Crippen LogP contribution in [0.5, 0.6) is 11.5 Å². The molecule has 0 saturated heterocycles. The van der Waals surface area contributed by atoms with Crippen LogP contribution in [0.15, 0.2) is 47.4 Å². The van der Waals surface area contributed by atoms with E-state index in [1.54, 1.807) is 14.2 Å². The molecule has 0 amide bonds. The van der Waals surface area contributed by atoms with Gasteiger partial charge in [-0.05, 0) is 35.7 Å². The van der Waals surface area contributed by atoms with Crippen molar-refractivity contribution in [3.8, 4) is 11.5 Å². The Morgan fingerprint density at radius 3 is 2.57 bits per heavy atom. The van der Waals surface area contributed by atoms with Crippen molar-refractivity contribution in [1.82, 2.24) is 0 Å². The van der Waals surface area contributed by atoms with Crippen LogP contribution in [0.4, 0.5) is 0 Å². The van der Waals surface area contributed by atoms with Crippen molar-refractivity contribution in [3.63, 3.8) is 0 Å². The maximum atomic E-state index is 6.48. The van der Waals surface area contributed by atoms with E-state index >= 15 is 0 Å². The Labute approximate surface area is 129 Å². The van der Waals surface area contributed by atoms with Gasteiger partial charge in [0, 0.05) is 16.2 Å². The fourth-order valence-corrected chi connectivity index (χ4v) is 4.04. The van der Waals surface area contributed by atoms with Gasteiger partial charge in [-0.3, -0.25) is 0 Å². The molecular formula is C17H19NO2S. The third-order valence-corrected chi connectivity index (χ3v) is 5.28. The molecule has 110 valence electrons. The Balaban J connectivity index is 1.82. The lowest BCUT2D eigenvalue weighted by molar-refractivity contribution is 0.354. The summed E-state index contributed by atoms with van der Waals surface area (Å²) in [5, 5.41) is 0.362. The average Bonchev–Trinajstić information content (AvgIpc) is 2.97. The average molecular weight is 301 g/mol. The molecule has 2 N–H and O–H groups in total. The molecule has 0 aliphatic carbocycles. The predicted molar refractivity (Wildman–Crippen MR) is 86.3 cm³/mol. The normalized spacial score (nSPS) is 18.1. The Morgan fingerprint density at radius 1 is 1.10 bits per heavy atom. The highest BCUT2D eigenvalue weighted by molar-refractivity contribution is 8.00. The number of ether oxygens (including phenoxy) is 2. The van der Waals surface area contributed by atoms with Crippen LogP contribution in [-0.4, -0.2) is 19.5 Å². The molecule has 2 aromatic carbocycles. The molecule has 0 radical (unpaired) electrons. The van der Waals surface area contributed by atoms with E-state index in [9.17, 15) is 0 Å². The lowest BCUT2D eigenvalue weighted by Crippen LogP contribution is -2.23. The summed E-state index contributed by atoms with van der Waals surface area (Å²) in [5.74, 6) is 1.46. The van der Waals surface area contributed by atoms with E-state index < -0.39 is 0 Å². The molecule has 4 heteroatoms. The molecule has 1 heterocycles. The largest absolute Gasteiger partial charge is 0.493 e. The molecule has 3 nitrogen and oxygen atoms in total. The van der Waals surface area contributed by atoms with Gasteiger partial charge >= 0.3 is 0 Å². The van der Waals surface area contributed by atoms with Crippen molar-refractivity contribution >= 4 is 11.8 Å². The zero-order chi connectivity index (χ0) is 14.8. The van der Waals surface area contributed by atoms with Gasteiger partial charge in [0.2, 0.25) is 0 Å². The number of methoxy groups -OCH3 is 2. The quantitative estimate of drug-likeness (QED) is 0.940. The van der Waals surface area contributed by atoms with Crippen LogP contribution < -0.4 is 15.2 Å². The highest BCUT2D eigenvalue weighted by Crippen LogP contribution is 2.42. The van der Waals surface area contributed by atoms with Gasteiger partial charge in [0.15, 0.2) is 11.5 Å². The standard InChI is InChI=1S/C17H19NO2S/c1-19-13-8-7-12(9-14(13)20-2)17(18)16-10-11-5-3-4-6-15(11)21-16/h3-9,16-17H,10,18H2,1-2H3. The molecule has 2 atom stereocenters. The zero-order valence-corrected chi connectivity index (χ0v) is 13.0. The third-order valence-electron chi connectivity index (χ3n) is 3.87. The number of nitrogens with two attached hydrogens (primary N) is 1. The van der Waals surface area contributed by atoms with E-state index in [4.69, 9.17) is 15.2 Å². The van der Waals surface area contributed by atoms with Crippen molar-refractivity contribution in [3.05, 3.63) is 53.6 Å². The molecule has 0 bridgehead atoms. The SMILES string of the molecule is COc1ccc(C(N)C2Cc3ccccc3S2)cc1OC. The Hall–Kier alpha value is -1.65. The molecule has 0 aromatic heterocycles. The Kier molecular flexibility index (Phi) is 4.08. The number of hydrogen-bond acceptors (Lipinski definition) is 4. The molecule has 1 aliphatic rings. The lowest BCUT2D eigenvalue weighted by atomic mass is 9.99. The van der Waals surface area contributed by atoms with Crippen molar-refractivity contribution < 1.29 is 9.47 Å². The van der Waals surface area contributed by atoms with Gasteiger partial charge in [0.25, 0.3) is 0 Å². The second-order valence-corrected chi connectivity index (χ2v) is 6.39. The first-order valence-electron chi connectivity index (χ1n) is 6.95. The molecule has 0 saturated carbocycles. The van der Waals surface area contributed by atoms with Crippen molar-refractivity contribution in [1.29, 1.82) is 0 Å². The molecule has 1 aliphatic heterocycles. The summed E-state index contributed by atoms with van der Waals surface area (Å²) < 4.78 is 10.6. The first-order valence-corrected chi connectivity index (χ1v) is 7.83. The summed E-state index contributed by atoms with van der Waals surface area (Å²) in [6.45, 7) is 0. The topological polar surface area (TPSA) is 44.5 Å². The first-order chi connectivity index (χ1) is 10.2. The van der Waals surface area contributed by atoms with Crippen LogP contribution in [0.1, 0.15) is 17.2 Å². The zero-order valence-electron chi connectivity index (χ0n) is 12.2. The van der Waals surface area contributed by atoms with E-state index in [-0.39, 0.29) is 6.04 Å². The maximum absolute atomic E-state index is 6.48. The van der Waals surface area contributed by atoms with Gasteiger partial charge in [0.05, 0.1) is 14.2 Å². The number of thioether (sulfide) groups is 1. The van der Waals surface area contributed by atoms with Crippen molar-refractivity contribution in [2.45, 2.75) is 22.6 Å². The summed E-state index contributed by atoms with van der Waals surface area (Å²) in [4.78, 5) is 1.35. The number of fused-ring (bicyclic) bond motifs is 1. The summed E-state index contributed by atoms with van der Waals surface area (Å²) in [6.07, 6.45) is 1.01. The fraction of sp³-hybridized carbons (Fsp3) is 0.294. The highest BCUT2D eigenvalue weighted by Gasteiger charge is 2.28. The molecule has 3 rings (SSSR count). The minimum absolute atomic E-state index is 0.0257. The smallest absolute Gasteiger partial charge is 0.161 e. The molecule has 21 heavy (non-hydrogen) atoms. The highest BCUT2D eigenvalue weighted by atomic mass is 32.2. The number of rotatable bonds is 4. The minimum atomic E-state index is -0.0257. The monoisotopic (exact) mass is 301 g/mol. The van der Waals surface area contributed by atoms with Crippen LogP contribution in [0.25, 0.3) is 0 Å². The van der Waals surface area contributed by atoms with E-state index in [0.29, 0.717) is 5.25 Å². The summed E-state index contributed by atoms with van der Waals surface area (Å²) in [7, 11) is 3.29. The van der Waals surface area contributed by atoms with Gasteiger partial charge in [-0.1, -0.05) is 24.3 Å². The first kappa shape index (κ1) is 14.3. The van der Waals surface area contributed by atoms with Gasteiger partial charge in [-0.25, -0.2) is 0 Å². The predicted octanol–water partition coefficient (Wildman–Crippen LogP) is 3.42. The van der Waals surface area contributed by atoms with E-state index in [1.807, 2.05) is 30.0 Å². The van der Waals surface area contributed by atoms with E-state index in [0.717, 1.165) is 23.5 Å². The Bertz CT molecular complexity index is 619. The van der Waals surface area contributed by atoms with Crippen LogP contribution in [0.3, 0.4) is 0 Å². The van der Waals surface area contributed by atoms with Crippen LogP contribution in [0, 0.1) is 0 Å². The van der Waals surface area contributed by atoms with Crippen LogP contribution >= 0.6 is 11.8 Å². The maximum Gasteiger partial charge on any atom is 0.161 e. The van der Waals surface area contributed by atoms with E-state index in [2.05, 4.69) is 24.3 Å². The number of benzene rings is 2. The molecule has 2 aromatic rings. The minimum Gasteiger partial charge on any atom is -0.493 e.